The molecule has 2 amide bonds. The molecule has 1 N–H and O–H groups in total. The van der Waals surface area contributed by atoms with Gasteiger partial charge in [0.05, 0.1) is 0 Å². The van der Waals surface area contributed by atoms with Crippen molar-refractivity contribution in [2.45, 2.75) is 19.1 Å². The van der Waals surface area contributed by atoms with E-state index in [0.29, 0.717) is 26.2 Å². The Labute approximate surface area is 147 Å². The van der Waals surface area contributed by atoms with Gasteiger partial charge in [-0.05, 0) is 11.6 Å². The predicted octanol–water partition coefficient (Wildman–Crippen LogP) is 0.342. The molecule has 132 valence electrons. The summed E-state index contributed by atoms with van der Waals surface area (Å²) in [4.78, 5) is 28.7. The van der Waals surface area contributed by atoms with E-state index in [1.807, 2.05) is 18.2 Å². The Bertz CT molecular complexity index is 702. The van der Waals surface area contributed by atoms with Crippen molar-refractivity contribution in [1.82, 2.24) is 24.9 Å². The van der Waals surface area contributed by atoms with Gasteiger partial charge in [0.1, 0.15) is 12.6 Å². The van der Waals surface area contributed by atoms with Crippen LogP contribution in [0.1, 0.15) is 5.56 Å². The molecule has 7 nitrogen and oxygen atoms in total. The standard InChI is InChI=1S/C18H23N5O2/c1-19-18(25)16-13-22(17(24)14-23-9-5-8-20-23)11-10-21(16)12-15-6-3-2-4-7-15/h2-9,16H,10-14H2,1H3,(H,19,25). The number of likely N-dealkylation sites (N-methyl/N-ethyl adjacent to an activating group) is 1. The van der Waals surface area contributed by atoms with Crippen LogP contribution in [0.15, 0.2) is 48.8 Å². The van der Waals surface area contributed by atoms with Crippen molar-refractivity contribution in [1.29, 1.82) is 0 Å². The van der Waals surface area contributed by atoms with Crippen LogP contribution in [-0.4, -0.2) is 64.1 Å². The molecule has 0 aliphatic carbocycles. The maximum atomic E-state index is 12.5. The summed E-state index contributed by atoms with van der Waals surface area (Å²) in [5.41, 5.74) is 1.16. The minimum atomic E-state index is -0.347. The minimum Gasteiger partial charge on any atom is -0.358 e. The molecular formula is C18H23N5O2. The number of piperazine rings is 1. The molecule has 1 atom stereocenters. The van der Waals surface area contributed by atoms with Gasteiger partial charge in [-0.2, -0.15) is 5.10 Å². The molecule has 1 aliphatic rings. The van der Waals surface area contributed by atoms with Crippen LogP contribution in [0.2, 0.25) is 0 Å². The van der Waals surface area contributed by atoms with Crippen LogP contribution in [0.3, 0.4) is 0 Å². The molecule has 0 saturated carbocycles. The molecule has 1 fully saturated rings. The maximum absolute atomic E-state index is 12.5. The smallest absolute Gasteiger partial charge is 0.244 e. The highest BCUT2D eigenvalue weighted by Gasteiger charge is 2.33. The minimum absolute atomic E-state index is 0.0167. The molecule has 1 aromatic heterocycles. The van der Waals surface area contributed by atoms with Crippen molar-refractivity contribution >= 4 is 11.8 Å². The zero-order valence-corrected chi connectivity index (χ0v) is 14.3. The van der Waals surface area contributed by atoms with Gasteiger partial charge in [-0.1, -0.05) is 30.3 Å². The van der Waals surface area contributed by atoms with Crippen molar-refractivity contribution in [3.05, 3.63) is 54.4 Å². The fourth-order valence-electron chi connectivity index (χ4n) is 3.10. The van der Waals surface area contributed by atoms with Crippen molar-refractivity contribution < 1.29 is 9.59 Å². The normalized spacial score (nSPS) is 18.1. The summed E-state index contributed by atoms with van der Waals surface area (Å²) in [5.74, 6) is -0.0792. The highest BCUT2D eigenvalue weighted by Crippen LogP contribution is 2.15. The SMILES string of the molecule is CNC(=O)C1CN(C(=O)Cn2cccn2)CCN1Cc1ccccc1. The summed E-state index contributed by atoms with van der Waals surface area (Å²) in [6.07, 6.45) is 3.41. The lowest BCUT2D eigenvalue weighted by Crippen LogP contribution is -2.59. The van der Waals surface area contributed by atoms with Crippen molar-refractivity contribution in [3.63, 3.8) is 0 Å². The Kier molecular flexibility index (Phi) is 5.45. The molecule has 7 heteroatoms. The quantitative estimate of drug-likeness (QED) is 0.852. The molecule has 0 bridgehead atoms. The van der Waals surface area contributed by atoms with E-state index >= 15 is 0 Å². The van der Waals surface area contributed by atoms with E-state index in [1.54, 1.807) is 35.1 Å². The number of hydrogen-bond donors (Lipinski definition) is 1. The van der Waals surface area contributed by atoms with Gasteiger partial charge in [0.25, 0.3) is 0 Å². The monoisotopic (exact) mass is 341 g/mol. The molecule has 1 saturated heterocycles. The zero-order chi connectivity index (χ0) is 17.6. The number of carbonyl (C=O) groups excluding carboxylic acids is 2. The third kappa shape index (κ3) is 4.24. The molecule has 25 heavy (non-hydrogen) atoms. The van der Waals surface area contributed by atoms with Gasteiger partial charge in [0.15, 0.2) is 0 Å². The molecule has 3 rings (SSSR count). The van der Waals surface area contributed by atoms with Crippen LogP contribution in [0, 0.1) is 0 Å². The largest absolute Gasteiger partial charge is 0.358 e. The maximum Gasteiger partial charge on any atom is 0.244 e. The molecule has 1 unspecified atom stereocenters. The number of amides is 2. The van der Waals surface area contributed by atoms with Gasteiger partial charge < -0.3 is 10.2 Å². The first-order chi connectivity index (χ1) is 12.2. The van der Waals surface area contributed by atoms with Crippen molar-refractivity contribution in [2.75, 3.05) is 26.7 Å². The van der Waals surface area contributed by atoms with E-state index in [-0.39, 0.29) is 24.4 Å². The number of aromatic nitrogens is 2. The number of rotatable bonds is 5. The third-order valence-corrected chi connectivity index (χ3v) is 4.48. The Balaban J connectivity index is 1.67. The first-order valence-corrected chi connectivity index (χ1v) is 8.42. The average molecular weight is 341 g/mol. The van der Waals surface area contributed by atoms with Crippen molar-refractivity contribution in [2.24, 2.45) is 0 Å². The summed E-state index contributed by atoms with van der Waals surface area (Å²) in [6, 6.07) is 11.5. The van der Waals surface area contributed by atoms with Gasteiger partial charge in [0.2, 0.25) is 11.8 Å². The Morgan fingerprint density at radius 2 is 2.00 bits per heavy atom. The molecule has 1 aliphatic heterocycles. The Morgan fingerprint density at radius 3 is 2.68 bits per heavy atom. The number of hydrogen-bond acceptors (Lipinski definition) is 4. The average Bonchev–Trinajstić information content (AvgIpc) is 3.15. The summed E-state index contributed by atoms with van der Waals surface area (Å²) in [5, 5.41) is 6.79. The molecule has 2 aromatic rings. The molecule has 0 spiro atoms. The first-order valence-electron chi connectivity index (χ1n) is 8.42. The summed E-state index contributed by atoms with van der Waals surface area (Å²) in [7, 11) is 1.63. The fraction of sp³-hybridized carbons (Fsp3) is 0.389. The predicted molar refractivity (Wildman–Crippen MR) is 93.5 cm³/mol. The third-order valence-electron chi connectivity index (χ3n) is 4.48. The van der Waals surface area contributed by atoms with Gasteiger partial charge in [-0.25, -0.2) is 0 Å². The van der Waals surface area contributed by atoms with Crippen LogP contribution >= 0.6 is 0 Å². The lowest BCUT2D eigenvalue weighted by atomic mass is 10.1. The van der Waals surface area contributed by atoms with Crippen molar-refractivity contribution in [3.8, 4) is 0 Å². The summed E-state index contributed by atoms with van der Waals surface area (Å²) < 4.78 is 1.60. The van der Waals surface area contributed by atoms with E-state index in [4.69, 9.17) is 0 Å². The highest BCUT2D eigenvalue weighted by atomic mass is 16.2. The topological polar surface area (TPSA) is 70.5 Å². The second-order valence-corrected chi connectivity index (χ2v) is 6.13. The Hall–Kier alpha value is -2.67. The molecule has 2 heterocycles. The summed E-state index contributed by atoms with van der Waals surface area (Å²) >= 11 is 0. The second kappa shape index (κ2) is 7.94. The van der Waals surface area contributed by atoms with Crippen LogP contribution in [0.25, 0.3) is 0 Å². The lowest BCUT2D eigenvalue weighted by molar-refractivity contribution is -0.138. The van der Waals surface area contributed by atoms with Gasteiger partial charge >= 0.3 is 0 Å². The lowest BCUT2D eigenvalue weighted by Gasteiger charge is -2.40. The first kappa shape index (κ1) is 17.2. The van der Waals surface area contributed by atoms with E-state index in [9.17, 15) is 9.59 Å². The molecule has 0 radical (unpaired) electrons. The second-order valence-electron chi connectivity index (χ2n) is 6.13. The van der Waals surface area contributed by atoms with E-state index in [1.165, 1.54) is 0 Å². The van der Waals surface area contributed by atoms with Gasteiger partial charge in [0, 0.05) is 45.6 Å². The fourth-order valence-corrected chi connectivity index (χ4v) is 3.10. The van der Waals surface area contributed by atoms with Crippen LogP contribution in [0.5, 0.6) is 0 Å². The zero-order valence-electron chi connectivity index (χ0n) is 14.3. The highest BCUT2D eigenvalue weighted by molar-refractivity contribution is 5.83. The number of nitrogens with zero attached hydrogens (tertiary/aromatic N) is 4. The number of nitrogens with one attached hydrogen (secondary N) is 1. The van der Waals surface area contributed by atoms with Crippen LogP contribution in [0.4, 0.5) is 0 Å². The number of benzene rings is 1. The van der Waals surface area contributed by atoms with Gasteiger partial charge in [-0.15, -0.1) is 0 Å². The van der Waals surface area contributed by atoms with E-state index < -0.39 is 0 Å². The summed E-state index contributed by atoms with van der Waals surface area (Å²) in [6.45, 7) is 2.57. The van der Waals surface area contributed by atoms with Crippen LogP contribution in [-0.2, 0) is 22.7 Å². The van der Waals surface area contributed by atoms with Crippen LogP contribution < -0.4 is 5.32 Å². The molecule has 1 aromatic carbocycles. The molecular weight excluding hydrogens is 318 g/mol. The van der Waals surface area contributed by atoms with E-state index in [0.717, 1.165) is 5.56 Å². The Morgan fingerprint density at radius 1 is 1.20 bits per heavy atom. The van der Waals surface area contributed by atoms with E-state index in [2.05, 4.69) is 27.4 Å². The number of carbonyl (C=O) groups is 2. The van der Waals surface area contributed by atoms with Gasteiger partial charge in [-0.3, -0.25) is 19.2 Å².